The lowest BCUT2D eigenvalue weighted by atomic mass is 10.0. The predicted octanol–water partition coefficient (Wildman–Crippen LogP) is 3.48. The van der Waals surface area contributed by atoms with Crippen LogP contribution in [0.25, 0.3) is 0 Å². The Hall–Kier alpha value is 0.700. The van der Waals surface area contributed by atoms with Crippen molar-refractivity contribution in [3.8, 4) is 0 Å². The van der Waals surface area contributed by atoms with Gasteiger partial charge in [0, 0.05) is 0 Å². The highest BCUT2D eigenvalue weighted by Crippen LogP contribution is 2.23. The Bertz CT molecular complexity index is 89.6. The third-order valence-electron chi connectivity index (χ3n) is 1.56. The average molecular weight is 192 g/mol. The van der Waals surface area contributed by atoms with Gasteiger partial charge in [-0.15, -0.1) is 0 Å². The molecule has 11 heavy (non-hydrogen) atoms. The van der Waals surface area contributed by atoms with Gasteiger partial charge in [0.25, 0.3) is 0 Å². The Morgan fingerprint density at radius 3 is 2.45 bits per heavy atom. The van der Waals surface area contributed by atoms with Gasteiger partial charge in [0.1, 0.15) is 0 Å². The van der Waals surface area contributed by atoms with Crippen LogP contribution in [0.1, 0.15) is 33.6 Å². The van der Waals surface area contributed by atoms with E-state index < -0.39 is 0 Å². The fourth-order valence-electron chi connectivity index (χ4n) is 0.641. The molecule has 0 nitrogen and oxygen atoms in total. The van der Waals surface area contributed by atoms with Gasteiger partial charge < -0.3 is 0 Å². The first-order valence-electron chi connectivity index (χ1n) is 4.31. The molecule has 0 fully saturated rings. The first kappa shape index (κ1) is 11.7. The number of unbranched alkanes of at least 4 members (excludes halogenated alkanes) is 1. The molecular weight excluding hydrogens is 172 g/mol. The van der Waals surface area contributed by atoms with Crippen molar-refractivity contribution in [1.29, 1.82) is 0 Å². The van der Waals surface area contributed by atoms with Gasteiger partial charge in [0.2, 0.25) is 0 Å². The molecule has 0 saturated carbocycles. The number of thioether (sulfide) groups is 1. The molecule has 0 atom stereocenters. The summed E-state index contributed by atoms with van der Waals surface area (Å²) in [7, 11) is 0. The lowest BCUT2D eigenvalue weighted by Gasteiger charge is -2.20. The standard InChI is InChI=1S/C9H20S2/c1-4-5-6-11-8-9(2,3)7-10/h10H,4-8H2,1-3H3. The zero-order valence-corrected chi connectivity index (χ0v) is 9.60. The van der Waals surface area contributed by atoms with Crippen LogP contribution in [0.15, 0.2) is 0 Å². The average Bonchev–Trinajstić information content (AvgIpc) is 1.99. The zero-order valence-electron chi connectivity index (χ0n) is 7.89. The largest absolute Gasteiger partial charge is 0.179 e. The van der Waals surface area contributed by atoms with E-state index in [1.807, 2.05) is 0 Å². The summed E-state index contributed by atoms with van der Waals surface area (Å²) in [4.78, 5) is 0. The van der Waals surface area contributed by atoms with E-state index in [2.05, 4.69) is 45.2 Å². The maximum Gasteiger partial charge on any atom is -0.000829 e. The molecule has 0 aliphatic rings. The van der Waals surface area contributed by atoms with Crippen molar-refractivity contribution in [2.45, 2.75) is 33.6 Å². The van der Waals surface area contributed by atoms with Crippen molar-refractivity contribution in [3.05, 3.63) is 0 Å². The van der Waals surface area contributed by atoms with Crippen molar-refractivity contribution >= 4 is 24.4 Å². The summed E-state index contributed by atoms with van der Waals surface area (Å²) in [5, 5.41) is 0. The van der Waals surface area contributed by atoms with E-state index in [9.17, 15) is 0 Å². The van der Waals surface area contributed by atoms with Crippen LogP contribution in [0.5, 0.6) is 0 Å². The lowest BCUT2D eigenvalue weighted by Crippen LogP contribution is -2.16. The number of thiol groups is 1. The fourth-order valence-corrected chi connectivity index (χ4v) is 2.20. The summed E-state index contributed by atoms with van der Waals surface area (Å²) in [6.45, 7) is 6.79. The third-order valence-corrected chi connectivity index (χ3v) is 3.98. The van der Waals surface area contributed by atoms with E-state index in [0.717, 1.165) is 5.75 Å². The van der Waals surface area contributed by atoms with Crippen LogP contribution >= 0.6 is 24.4 Å². The Balaban J connectivity index is 3.23. The summed E-state index contributed by atoms with van der Waals surface area (Å²) in [6.07, 6.45) is 2.67. The van der Waals surface area contributed by atoms with E-state index in [0.29, 0.717) is 5.41 Å². The second kappa shape index (κ2) is 6.24. The Morgan fingerprint density at radius 2 is 2.00 bits per heavy atom. The van der Waals surface area contributed by atoms with Crippen LogP contribution in [0, 0.1) is 5.41 Å². The van der Waals surface area contributed by atoms with Crippen molar-refractivity contribution in [1.82, 2.24) is 0 Å². The van der Waals surface area contributed by atoms with Crippen LogP contribution in [-0.2, 0) is 0 Å². The maximum atomic E-state index is 4.31. The molecule has 0 N–H and O–H groups in total. The SMILES string of the molecule is CCCCSCC(C)(C)CS. The molecular formula is C9H20S2. The number of hydrogen-bond donors (Lipinski definition) is 1. The quantitative estimate of drug-likeness (QED) is 0.496. The fraction of sp³-hybridized carbons (Fsp3) is 1.00. The summed E-state index contributed by atoms with van der Waals surface area (Å²) < 4.78 is 0. The van der Waals surface area contributed by atoms with E-state index in [1.165, 1.54) is 24.3 Å². The molecule has 0 amide bonds. The molecule has 0 unspecified atom stereocenters. The highest BCUT2D eigenvalue weighted by atomic mass is 32.2. The van der Waals surface area contributed by atoms with E-state index >= 15 is 0 Å². The van der Waals surface area contributed by atoms with Crippen molar-refractivity contribution in [2.75, 3.05) is 17.3 Å². The number of rotatable bonds is 6. The first-order valence-corrected chi connectivity index (χ1v) is 6.09. The third kappa shape index (κ3) is 7.07. The minimum absolute atomic E-state index is 0.418. The van der Waals surface area contributed by atoms with Crippen LogP contribution in [-0.4, -0.2) is 17.3 Å². The zero-order chi connectivity index (χ0) is 8.74. The highest BCUT2D eigenvalue weighted by Gasteiger charge is 2.14. The highest BCUT2D eigenvalue weighted by molar-refractivity contribution is 7.99. The monoisotopic (exact) mass is 192 g/mol. The molecule has 68 valence electrons. The molecule has 0 aliphatic carbocycles. The minimum atomic E-state index is 0.418. The lowest BCUT2D eigenvalue weighted by molar-refractivity contribution is 0.493. The topological polar surface area (TPSA) is 0 Å². The molecule has 0 rings (SSSR count). The van der Waals surface area contributed by atoms with E-state index in [1.54, 1.807) is 0 Å². The minimum Gasteiger partial charge on any atom is -0.179 e. The van der Waals surface area contributed by atoms with Crippen molar-refractivity contribution < 1.29 is 0 Å². The Kier molecular flexibility index (Phi) is 6.64. The Morgan fingerprint density at radius 1 is 1.36 bits per heavy atom. The molecule has 2 heteroatoms. The molecule has 0 bridgehead atoms. The maximum absolute atomic E-state index is 4.31. The van der Waals surface area contributed by atoms with Crippen molar-refractivity contribution in [3.63, 3.8) is 0 Å². The van der Waals surface area contributed by atoms with Crippen molar-refractivity contribution in [2.24, 2.45) is 5.41 Å². The van der Waals surface area contributed by atoms with Crippen LogP contribution in [0.3, 0.4) is 0 Å². The van der Waals surface area contributed by atoms with Gasteiger partial charge in [-0.2, -0.15) is 24.4 Å². The normalized spacial score (nSPS) is 12.0. The van der Waals surface area contributed by atoms with Gasteiger partial charge in [0.05, 0.1) is 0 Å². The van der Waals surface area contributed by atoms with Gasteiger partial charge >= 0.3 is 0 Å². The summed E-state index contributed by atoms with van der Waals surface area (Å²) in [5.74, 6) is 3.55. The Labute approximate surface area is 80.9 Å². The van der Waals surface area contributed by atoms with Gasteiger partial charge in [-0.05, 0) is 29.1 Å². The summed E-state index contributed by atoms with van der Waals surface area (Å²) >= 11 is 6.37. The van der Waals surface area contributed by atoms with Gasteiger partial charge in [-0.25, -0.2) is 0 Å². The molecule has 0 saturated heterocycles. The van der Waals surface area contributed by atoms with Gasteiger partial charge in [-0.3, -0.25) is 0 Å². The molecule has 0 heterocycles. The van der Waals surface area contributed by atoms with E-state index in [-0.39, 0.29) is 0 Å². The summed E-state index contributed by atoms with van der Waals surface area (Å²) in [6, 6.07) is 0. The second-order valence-corrected chi connectivity index (χ2v) is 5.15. The molecule has 0 aliphatic heterocycles. The van der Waals surface area contributed by atoms with Gasteiger partial charge in [0.15, 0.2) is 0 Å². The molecule has 0 spiro atoms. The summed E-state index contributed by atoms with van der Waals surface area (Å²) in [5.41, 5.74) is 0.418. The van der Waals surface area contributed by atoms with Crippen LogP contribution in [0.4, 0.5) is 0 Å². The van der Waals surface area contributed by atoms with Crippen LogP contribution < -0.4 is 0 Å². The molecule has 0 aromatic heterocycles. The van der Waals surface area contributed by atoms with Gasteiger partial charge in [-0.1, -0.05) is 27.2 Å². The smallest absolute Gasteiger partial charge is 0.000829 e. The molecule has 0 aromatic carbocycles. The van der Waals surface area contributed by atoms with E-state index in [4.69, 9.17) is 0 Å². The molecule has 0 aromatic rings. The second-order valence-electron chi connectivity index (χ2n) is 3.73. The molecule has 0 radical (unpaired) electrons. The first-order chi connectivity index (χ1) is 5.12. The predicted molar refractivity (Wildman–Crippen MR) is 59.9 cm³/mol. The number of hydrogen-bond acceptors (Lipinski definition) is 2. The van der Waals surface area contributed by atoms with Crippen LogP contribution in [0.2, 0.25) is 0 Å².